The first-order valence-corrected chi connectivity index (χ1v) is 12.2. The number of nitrogens with zero attached hydrogens (tertiary/aromatic N) is 2. The van der Waals surface area contributed by atoms with E-state index in [-0.39, 0.29) is 28.7 Å². The number of unbranched alkanes of at least 4 members (excludes halogenated alkanes) is 2. The van der Waals surface area contributed by atoms with Crippen LogP contribution in [0.1, 0.15) is 38.2 Å². The predicted molar refractivity (Wildman–Crippen MR) is 128 cm³/mol. The number of alkyl halides is 3. The number of carbonyl (C=O) groups is 2. The summed E-state index contributed by atoms with van der Waals surface area (Å²) >= 11 is 0.873. The molecule has 0 radical (unpaired) electrons. The number of aromatic nitrogens is 1. The number of thiazole rings is 1. The molecule has 1 unspecified atom stereocenters. The number of aliphatic carboxylic acids is 1. The van der Waals surface area contributed by atoms with Gasteiger partial charge in [-0.05, 0) is 42.8 Å². The van der Waals surface area contributed by atoms with Gasteiger partial charge in [0.05, 0.1) is 17.9 Å². The minimum atomic E-state index is -4.81. The molecule has 12 heteroatoms. The SMILES string of the molecule is CCCCCOc1ccc(N(c2nc(-c3ccc(F)c(F)c3)cs2)C(CC=O)C(=O)O)cc1C(F)(F)F. The molecule has 0 saturated heterocycles. The highest BCUT2D eigenvalue weighted by molar-refractivity contribution is 7.14. The molecular weight excluding hydrogens is 519 g/mol. The van der Waals surface area contributed by atoms with Crippen LogP contribution in [-0.4, -0.2) is 35.0 Å². The second-order valence-electron chi connectivity index (χ2n) is 8.00. The van der Waals surface area contributed by atoms with E-state index >= 15 is 0 Å². The third-order valence-electron chi connectivity index (χ3n) is 5.38. The van der Waals surface area contributed by atoms with Crippen molar-refractivity contribution in [1.29, 1.82) is 0 Å². The lowest BCUT2D eigenvalue weighted by Crippen LogP contribution is -2.38. The maximum atomic E-state index is 13.9. The number of halogens is 5. The van der Waals surface area contributed by atoms with E-state index in [0.717, 1.165) is 53.3 Å². The number of hydrogen-bond donors (Lipinski definition) is 1. The summed E-state index contributed by atoms with van der Waals surface area (Å²) < 4.78 is 74.2. The zero-order chi connectivity index (χ0) is 27.2. The molecule has 0 saturated carbocycles. The summed E-state index contributed by atoms with van der Waals surface area (Å²) in [4.78, 5) is 28.5. The fourth-order valence-electron chi connectivity index (χ4n) is 3.54. The van der Waals surface area contributed by atoms with Crippen molar-refractivity contribution >= 4 is 34.4 Å². The van der Waals surface area contributed by atoms with Gasteiger partial charge in [-0.3, -0.25) is 0 Å². The average molecular weight is 543 g/mol. The highest BCUT2D eigenvalue weighted by Crippen LogP contribution is 2.42. The van der Waals surface area contributed by atoms with Gasteiger partial charge in [0.25, 0.3) is 0 Å². The average Bonchev–Trinajstić information content (AvgIpc) is 3.33. The summed E-state index contributed by atoms with van der Waals surface area (Å²) in [5.74, 6) is -4.08. The van der Waals surface area contributed by atoms with Crippen LogP contribution in [0.4, 0.5) is 32.8 Å². The molecule has 0 spiro atoms. The molecule has 2 aromatic carbocycles. The number of rotatable bonds is 12. The second kappa shape index (κ2) is 12.1. The maximum Gasteiger partial charge on any atom is 0.420 e. The number of hydrogen-bond acceptors (Lipinski definition) is 6. The molecule has 1 atom stereocenters. The summed E-state index contributed by atoms with van der Waals surface area (Å²) in [6.07, 6.45) is -2.82. The molecular formula is C25H23F5N2O4S. The van der Waals surface area contributed by atoms with E-state index < -0.39 is 47.6 Å². The lowest BCUT2D eigenvalue weighted by molar-refractivity contribution is -0.139. The normalized spacial score (nSPS) is 12.3. The number of carbonyl (C=O) groups excluding carboxylic acids is 1. The Hall–Kier alpha value is -3.54. The Morgan fingerprint density at radius 1 is 1.16 bits per heavy atom. The Balaban J connectivity index is 2.09. The molecule has 198 valence electrons. The second-order valence-corrected chi connectivity index (χ2v) is 8.84. The van der Waals surface area contributed by atoms with Gasteiger partial charge in [0.2, 0.25) is 0 Å². The molecule has 1 N–H and O–H groups in total. The van der Waals surface area contributed by atoms with Crippen LogP contribution in [0.3, 0.4) is 0 Å². The van der Waals surface area contributed by atoms with Gasteiger partial charge in [-0.25, -0.2) is 18.6 Å². The Labute approximate surface area is 213 Å². The van der Waals surface area contributed by atoms with E-state index in [1.165, 1.54) is 17.5 Å². The molecule has 0 fully saturated rings. The Bertz CT molecular complexity index is 1250. The predicted octanol–water partition coefficient (Wildman–Crippen LogP) is 6.86. The number of aldehydes is 1. The number of benzene rings is 2. The van der Waals surface area contributed by atoms with E-state index in [1.807, 2.05) is 6.92 Å². The van der Waals surface area contributed by atoms with Gasteiger partial charge >= 0.3 is 12.1 Å². The van der Waals surface area contributed by atoms with Crippen molar-refractivity contribution < 1.29 is 41.4 Å². The van der Waals surface area contributed by atoms with E-state index in [0.29, 0.717) is 12.7 Å². The number of ether oxygens (including phenoxy) is 1. The van der Waals surface area contributed by atoms with E-state index in [2.05, 4.69) is 4.98 Å². The number of carboxylic acids is 1. The molecule has 1 heterocycles. The van der Waals surface area contributed by atoms with Gasteiger partial charge in [0.15, 0.2) is 16.8 Å². The smallest absolute Gasteiger partial charge is 0.420 e. The van der Waals surface area contributed by atoms with Gasteiger partial charge in [-0.15, -0.1) is 11.3 Å². The van der Waals surface area contributed by atoms with Crippen LogP contribution >= 0.6 is 11.3 Å². The third-order valence-corrected chi connectivity index (χ3v) is 6.22. The molecule has 0 bridgehead atoms. The standard InChI is InChI=1S/C25H23F5N2O4S/c1-2-3-4-11-36-22-8-6-16(13-17(22)25(28,29)30)32(21(9-10-33)23(34)35)24-31-20(14-37-24)15-5-7-18(26)19(27)12-15/h5-8,10,12-14,21H,2-4,9,11H2,1H3,(H,34,35). The van der Waals surface area contributed by atoms with E-state index in [4.69, 9.17) is 4.74 Å². The molecule has 37 heavy (non-hydrogen) atoms. The largest absolute Gasteiger partial charge is 0.493 e. The fourth-order valence-corrected chi connectivity index (χ4v) is 4.45. The van der Waals surface area contributed by atoms with Crippen molar-refractivity contribution in [3.05, 3.63) is 59.0 Å². The quantitative estimate of drug-likeness (QED) is 0.153. The van der Waals surface area contributed by atoms with Crippen molar-refractivity contribution in [2.24, 2.45) is 0 Å². The lowest BCUT2D eigenvalue weighted by Gasteiger charge is -2.28. The van der Waals surface area contributed by atoms with Gasteiger partial charge in [0, 0.05) is 23.1 Å². The zero-order valence-electron chi connectivity index (χ0n) is 19.6. The van der Waals surface area contributed by atoms with Crippen LogP contribution in [0, 0.1) is 11.6 Å². The first-order valence-electron chi connectivity index (χ1n) is 11.3. The van der Waals surface area contributed by atoms with Crippen LogP contribution in [0.5, 0.6) is 5.75 Å². The molecule has 0 aliphatic carbocycles. The van der Waals surface area contributed by atoms with Gasteiger partial charge < -0.3 is 19.5 Å². The van der Waals surface area contributed by atoms with Crippen LogP contribution < -0.4 is 9.64 Å². The summed E-state index contributed by atoms with van der Waals surface area (Å²) in [6.45, 7) is 2.02. The van der Waals surface area contributed by atoms with E-state index in [9.17, 15) is 36.6 Å². The number of anilines is 2. The first kappa shape index (κ1) is 28.0. The monoisotopic (exact) mass is 542 g/mol. The van der Waals surface area contributed by atoms with Crippen molar-refractivity contribution in [2.45, 2.75) is 44.8 Å². The third kappa shape index (κ3) is 6.82. The summed E-state index contributed by atoms with van der Waals surface area (Å²) in [5.41, 5.74) is -0.978. The van der Waals surface area contributed by atoms with Crippen LogP contribution in [0.15, 0.2) is 41.8 Å². The topological polar surface area (TPSA) is 79.7 Å². The van der Waals surface area contributed by atoms with Crippen LogP contribution in [-0.2, 0) is 15.8 Å². The first-order chi connectivity index (χ1) is 17.6. The number of carboxylic acid groups (broad SMARTS) is 1. The Morgan fingerprint density at radius 2 is 1.92 bits per heavy atom. The van der Waals surface area contributed by atoms with Crippen molar-refractivity contribution in [3.63, 3.8) is 0 Å². The van der Waals surface area contributed by atoms with Crippen LogP contribution in [0.25, 0.3) is 11.3 Å². The maximum absolute atomic E-state index is 13.9. The lowest BCUT2D eigenvalue weighted by atomic mass is 10.1. The summed E-state index contributed by atoms with van der Waals surface area (Å²) in [6, 6.07) is 4.56. The van der Waals surface area contributed by atoms with Gasteiger partial charge in [-0.1, -0.05) is 19.8 Å². The fraction of sp³-hybridized carbons (Fsp3) is 0.320. The summed E-state index contributed by atoms with van der Waals surface area (Å²) in [7, 11) is 0. The molecule has 1 aromatic heterocycles. The molecule has 3 rings (SSSR count). The minimum absolute atomic E-state index is 0.0567. The summed E-state index contributed by atoms with van der Waals surface area (Å²) in [5, 5.41) is 11.1. The Morgan fingerprint density at radius 3 is 2.54 bits per heavy atom. The molecule has 0 amide bonds. The zero-order valence-corrected chi connectivity index (χ0v) is 20.4. The van der Waals surface area contributed by atoms with Crippen LogP contribution in [0.2, 0.25) is 0 Å². The van der Waals surface area contributed by atoms with Crippen molar-refractivity contribution in [3.8, 4) is 17.0 Å². The van der Waals surface area contributed by atoms with Gasteiger partial charge in [0.1, 0.15) is 18.1 Å². The Kier molecular flexibility index (Phi) is 9.19. The molecule has 0 aliphatic rings. The van der Waals surface area contributed by atoms with Crippen molar-refractivity contribution in [1.82, 2.24) is 4.98 Å². The highest BCUT2D eigenvalue weighted by atomic mass is 32.1. The highest BCUT2D eigenvalue weighted by Gasteiger charge is 2.37. The molecule has 6 nitrogen and oxygen atoms in total. The van der Waals surface area contributed by atoms with E-state index in [1.54, 1.807) is 0 Å². The van der Waals surface area contributed by atoms with Crippen molar-refractivity contribution in [2.75, 3.05) is 11.5 Å². The van der Waals surface area contributed by atoms with Gasteiger partial charge in [-0.2, -0.15) is 13.2 Å². The molecule has 0 aliphatic heterocycles. The minimum Gasteiger partial charge on any atom is -0.493 e. The molecule has 3 aromatic rings.